The summed E-state index contributed by atoms with van der Waals surface area (Å²) in [6, 6.07) is 0. The Hall–Kier alpha value is -1.47. The van der Waals surface area contributed by atoms with Crippen LogP contribution in [0, 0.1) is 0 Å². The molecule has 7 heteroatoms. The zero-order valence-corrected chi connectivity index (χ0v) is 12.2. The van der Waals surface area contributed by atoms with E-state index in [4.69, 9.17) is 4.74 Å². The zero-order chi connectivity index (χ0) is 14.4. The minimum atomic E-state index is -0.349. The smallest absolute Gasteiger partial charge is 0.311 e. The van der Waals surface area contributed by atoms with Gasteiger partial charge in [0.05, 0.1) is 25.3 Å². The average Bonchev–Trinajstić information content (AvgIpc) is 3.08. The molecule has 20 heavy (non-hydrogen) atoms. The fourth-order valence-electron chi connectivity index (χ4n) is 2.07. The number of esters is 1. The molecular formula is C13H18N2O4S. The Bertz CT molecular complexity index is 469. The molecule has 1 saturated carbocycles. The van der Waals surface area contributed by atoms with Crippen molar-refractivity contribution in [1.82, 2.24) is 4.98 Å². The number of amides is 1. The van der Waals surface area contributed by atoms with Gasteiger partial charge in [0.1, 0.15) is 6.61 Å². The number of hydrogen-bond donors (Lipinski definition) is 1. The second-order valence-electron chi connectivity index (χ2n) is 4.66. The molecule has 0 atom stereocenters. The number of methoxy groups -OCH3 is 1. The van der Waals surface area contributed by atoms with Crippen LogP contribution in [-0.4, -0.2) is 36.7 Å². The maximum atomic E-state index is 11.7. The summed E-state index contributed by atoms with van der Waals surface area (Å²) in [6.45, 7) is 0.0522. The molecule has 0 aliphatic heterocycles. The first-order valence-electron chi connectivity index (χ1n) is 6.60. The number of hydrogen-bond acceptors (Lipinski definition) is 6. The van der Waals surface area contributed by atoms with E-state index >= 15 is 0 Å². The Balaban J connectivity index is 1.74. The molecule has 0 spiro atoms. The van der Waals surface area contributed by atoms with Crippen molar-refractivity contribution in [3.8, 4) is 0 Å². The maximum absolute atomic E-state index is 11.7. The summed E-state index contributed by atoms with van der Waals surface area (Å²) >= 11 is 1.28. The van der Waals surface area contributed by atoms with Gasteiger partial charge < -0.3 is 9.47 Å². The third-order valence-corrected chi connectivity index (χ3v) is 3.91. The van der Waals surface area contributed by atoms with E-state index in [1.807, 2.05) is 0 Å². The van der Waals surface area contributed by atoms with Gasteiger partial charge in [0.2, 0.25) is 0 Å². The van der Waals surface area contributed by atoms with Crippen molar-refractivity contribution in [3.05, 3.63) is 11.1 Å². The van der Waals surface area contributed by atoms with E-state index in [9.17, 15) is 9.59 Å². The Morgan fingerprint density at radius 1 is 1.45 bits per heavy atom. The summed E-state index contributed by atoms with van der Waals surface area (Å²) in [4.78, 5) is 26.9. The molecule has 6 nitrogen and oxygen atoms in total. The molecule has 110 valence electrons. The standard InChI is InChI=1S/C13H18N2O4S/c1-18-12(17)6-9-8-20-13(14-9)15-11(16)7-19-10-4-2-3-5-10/h8,10H,2-7H2,1H3,(H,14,15,16). The van der Waals surface area contributed by atoms with E-state index < -0.39 is 0 Å². The van der Waals surface area contributed by atoms with Crippen LogP contribution in [0.1, 0.15) is 31.4 Å². The summed E-state index contributed by atoms with van der Waals surface area (Å²) in [6.07, 6.45) is 4.75. The van der Waals surface area contributed by atoms with Crippen molar-refractivity contribution in [3.63, 3.8) is 0 Å². The van der Waals surface area contributed by atoms with Crippen LogP contribution in [0.2, 0.25) is 0 Å². The van der Waals surface area contributed by atoms with E-state index in [0.717, 1.165) is 12.8 Å². The van der Waals surface area contributed by atoms with Gasteiger partial charge in [-0.25, -0.2) is 4.98 Å². The van der Waals surface area contributed by atoms with Crippen LogP contribution >= 0.6 is 11.3 Å². The molecule has 2 rings (SSSR count). The number of rotatable bonds is 6. The minimum absolute atomic E-state index is 0.0522. The van der Waals surface area contributed by atoms with Crippen molar-refractivity contribution >= 4 is 28.3 Å². The highest BCUT2D eigenvalue weighted by molar-refractivity contribution is 7.13. The van der Waals surface area contributed by atoms with Crippen molar-refractivity contribution in [2.45, 2.75) is 38.2 Å². The van der Waals surface area contributed by atoms with Crippen LogP contribution < -0.4 is 5.32 Å². The topological polar surface area (TPSA) is 77.5 Å². The number of nitrogens with one attached hydrogen (secondary N) is 1. The predicted molar refractivity (Wildman–Crippen MR) is 74.7 cm³/mol. The molecule has 0 bridgehead atoms. The highest BCUT2D eigenvalue weighted by Crippen LogP contribution is 2.21. The molecule has 1 aliphatic rings. The van der Waals surface area contributed by atoms with Gasteiger partial charge in [-0.1, -0.05) is 12.8 Å². The van der Waals surface area contributed by atoms with Crippen molar-refractivity contribution in [2.24, 2.45) is 0 Å². The van der Waals surface area contributed by atoms with Gasteiger partial charge in [-0.2, -0.15) is 0 Å². The van der Waals surface area contributed by atoms with Gasteiger partial charge in [-0.3, -0.25) is 14.9 Å². The molecule has 1 heterocycles. The van der Waals surface area contributed by atoms with Gasteiger partial charge in [0.25, 0.3) is 5.91 Å². The lowest BCUT2D eigenvalue weighted by Crippen LogP contribution is -2.21. The fraction of sp³-hybridized carbons (Fsp3) is 0.615. The van der Waals surface area contributed by atoms with Crippen molar-refractivity contribution < 1.29 is 19.1 Å². The minimum Gasteiger partial charge on any atom is -0.469 e. The normalized spacial score (nSPS) is 15.2. The number of carbonyl (C=O) groups excluding carboxylic acids is 2. The van der Waals surface area contributed by atoms with Crippen LogP contribution in [0.5, 0.6) is 0 Å². The Morgan fingerprint density at radius 3 is 2.90 bits per heavy atom. The molecule has 1 N–H and O–H groups in total. The number of nitrogens with zero attached hydrogens (tertiary/aromatic N) is 1. The summed E-state index contributed by atoms with van der Waals surface area (Å²) < 4.78 is 10.1. The monoisotopic (exact) mass is 298 g/mol. The third-order valence-electron chi connectivity index (χ3n) is 3.10. The van der Waals surface area contributed by atoms with Crippen LogP contribution in [0.3, 0.4) is 0 Å². The van der Waals surface area contributed by atoms with Crippen LogP contribution in [0.15, 0.2) is 5.38 Å². The lowest BCUT2D eigenvalue weighted by atomic mass is 10.3. The average molecular weight is 298 g/mol. The summed E-state index contributed by atoms with van der Waals surface area (Å²) in [5.41, 5.74) is 0.592. The Kier molecular flexibility index (Phi) is 5.49. The molecule has 0 saturated heterocycles. The van der Waals surface area contributed by atoms with Gasteiger partial charge in [-0.15, -0.1) is 11.3 Å². The maximum Gasteiger partial charge on any atom is 0.311 e. The molecule has 1 aromatic rings. The Morgan fingerprint density at radius 2 is 2.20 bits per heavy atom. The summed E-state index contributed by atoms with van der Waals surface area (Å²) in [5.74, 6) is -0.561. The first-order valence-corrected chi connectivity index (χ1v) is 7.48. The quantitative estimate of drug-likeness (QED) is 0.810. The largest absolute Gasteiger partial charge is 0.469 e. The summed E-state index contributed by atoms with van der Waals surface area (Å²) in [7, 11) is 1.33. The number of ether oxygens (including phenoxy) is 2. The fourth-order valence-corrected chi connectivity index (χ4v) is 2.80. The van der Waals surface area contributed by atoms with Crippen LogP contribution in [-0.2, 0) is 25.5 Å². The van der Waals surface area contributed by atoms with E-state index in [1.165, 1.54) is 31.3 Å². The second-order valence-corrected chi connectivity index (χ2v) is 5.52. The SMILES string of the molecule is COC(=O)Cc1csc(NC(=O)COC2CCCC2)n1. The first-order chi connectivity index (χ1) is 9.67. The van der Waals surface area contributed by atoms with Crippen molar-refractivity contribution in [2.75, 3.05) is 19.0 Å². The van der Waals surface area contributed by atoms with E-state index in [-0.39, 0.29) is 31.0 Å². The number of aromatic nitrogens is 1. The predicted octanol–water partition coefficient (Wildman–Crippen LogP) is 1.76. The van der Waals surface area contributed by atoms with E-state index in [1.54, 1.807) is 5.38 Å². The summed E-state index contributed by atoms with van der Waals surface area (Å²) in [5, 5.41) is 4.87. The molecule has 0 radical (unpaired) electrons. The molecule has 1 aromatic heterocycles. The Labute approximate surface area is 121 Å². The van der Waals surface area contributed by atoms with Crippen LogP contribution in [0.25, 0.3) is 0 Å². The molecule has 1 amide bonds. The second kappa shape index (κ2) is 7.35. The molecule has 1 fully saturated rings. The first kappa shape index (κ1) is 14.9. The highest BCUT2D eigenvalue weighted by atomic mass is 32.1. The molecule has 1 aliphatic carbocycles. The van der Waals surface area contributed by atoms with E-state index in [2.05, 4.69) is 15.0 Å². The molecular weight excluding hydrogens is 280 g/mol. The molecule has 0 unspecified atom stereocenters. The van der Waals surface area contributed by atoms with Crippen LogP contribution in [0.4, 0.5) is 5.13 Å². The molecule has 0 aromatic carbocycles. The number of thiazole rings is 1. The highest BCUT2D eigenvalue weighted by Gasteiger charge is 2.17. The van der Waals surface area contributed by atoms with E-state index in [0.29, 0.717) is 10.8 Å². The lowest BCUT2D eigenvalue weighted by molar-refractivity contribution is -0.139. The zero-order valence-electron chi connectivity index (χ0n) is 11.4. The van der Waals surface area contributed by atoms with Gasteiger partial charge >= 0.3 is 5.97 Å². The van der Waals surface area contributed by atoms with Gasteiger partial charge in [0, 0.05) is 5.38 Å². The number of carbonyl (C=O) groups is 2. The number of anilines is 1. The van der Waals surface area contributed by atoms with Gasteiger partial charge in [0.15, 0.2) is 5.13 Å². The van der Waals surface area contributed by atoms with Crippen molar-refractivity contribution in [1.29, 1.82) is 0 Å². The van der Waals surface area contributed by atoms with Gasteiger partial charge in [-0.05, 0) is 12.8 Å². The lowest BCUT2D eigenvalue weighted by Gasteiger charge is -2.09. The third kappa shape index (κ3) is 4.57.